The molecule has 0 aliphatic carbocycles. The highest BCUT2D eigenvalue weighted by Gasteiger charge is 2.31. The van der Waals surface area contributed by atoms with Crippen molar-refractivity contribution in [1.82, 2.24) is 4.57 Å². The topological polar surface area (TPSA) is 42.2 Å². The van der Waals surface area contributed by atoms with E-state index in [4.69, 9.17) is 11.6 Å². The summed E-state index contributed by atoms with van der Waals surface area (Å²) < 4.78 is 2.29. The maximum atomic E-state index is 11.3. The highest BCUT2D eigenvalue weighted by molar-refractivity contribution is 7.99. The molecular weight excluding hydrogens is 342 g/mol. The Hall–Kier alpha value is -1.91. The predicted octanol–water partition coefficient (Wildman–Crippen LogP) is 5.41. The third-order valence-electron chi connectivity index (χ3n) is 4.51. The zero-order valence-electron chi connectivity index (χ0n) is 12.9. The Morgan fingerprint density at radius 2 is 1.96 bits per heavy atom. The van der Waals surface area contributed by atoms with Gasteiger partial charge in [-0.1, -0.05) is 41.6 Å². The standard InChI is InChI=1S/C19H16ClNO2S/c20-13-5-7-14(8-6-13)24-19-15-3-1-2-4-16(15)21-10-9-12(18(19)21)11-17(22)23/h1-8,12H,9-11H2,(H,22,23). The van der Waals surface area contributed by atoms with Gasteiger partial charge in [0.2, 0.25) is 0 Å². The summed E-state index contributed by atoms with van der Waals surface area (Å²) in [6.45, 7) is 0.884. The summed E-state index contributed by atoms with van der Waals surface area (Å²) in [6, 6.07) is 16.1. The number of fused-ring (bicyclic) bond motifs is 3. The van der Waals surface area contributed by atoms with Crippen molar-refractivity contribution < 1.29 is 9.90 Å². The van der Waals surface area contributed by atoms with Crippen molar-refractivity contribution in [2.24, 2.45) is 0 Å². The predicted molar refractivity (Wildman–Crippen MR) is 97.1 cm³/mol. The van der Waals surface area contributed by atoms with Gasteiger partial charge in [-0.3, -0.25) is 4.79 Å². The molecule has 1 aliphatic rings. The Kier molecular flexibility index (Phi) is 4.02. The number of rotatable bonds is 4. The first-order valence-electron chi connectivity index (χ1n) is 7.90. The van der Waals surface area contributed by atoms with Crippen molar-refractivity contribution in [3.05, 3.63) is 59.2 Å². The molecule has 1 N–H and O–H groups in total. The Bertz CT molecular complexity index is 917. The fourth-order valence-electron chi connectivity index (χ4n) is 3.50. The lowest BCUT2D eigenvalue weighted by atomic mass is 10.0. The minimum absolute atomic E-state index is 0.0738. The van der Waals surface area contributed by atoms with Gasteiger partial charge in [0.05, 0.1) is 6.42 Å². The molecule has 3 nitrogen and oxygen atoms in total. The number of carbonyl (C=O) groups is 1. The summed E-state index contributed by atoms with van der Waals surface area (Å²) >= 11 is 7.68. The Balaban J connectivity index is 1.84. The molecule has 1 unspecified atom stereocenters. The Labute approximate surface area is 149 Å². The highest BCUT2D eigenvalue weighted by Crippen LogP contribution is 2.46. The number of halogens is 1. The van der Waals surface area contributed by atoms with E-state index in [1.807, 2.05) is 36.4 Å². The number of aliphatic carboxylic acids is 1. The monoisotopic (exact) mass is 357 g/mol. The van der Waals surface area contributed by atoms with E-state index in [1.165, 1.54) is 21.5 Å². The quantitative estimate of drug-likeness (QED) is 0.679. The van der Waals surface area contributed by atoms with Crippen LogP contribution in [0.15, 0.2) is 58.3 Å². The molecule has 1 aliphatic heterocycles. The molecule has 24 heavy (non-hydrogen) atoms. The molecule has 0 spiro atoms. The summed E-state index contributed by atoms with van der Waals surface area (Å²) in [5, 5.41) is 11.2. The number of carboxylic acids is 1. The zero-order chi connectivity index (χ0) is 16.7. The zero-order valence-corrected chi connectivity index (χ0v) is 14.5. The molecule has 4 rings (SSSR count). The number of hydrogen-bond donors (Lipinski definition) is 1. The number of benzene rings is 2. The van der Waals surface area contributed by atoms with Gasteiger partial charge in [-0.15, -0.1) is 0 Å². The van der Waals surface area contributed by atoms with Crippen molar-refractivity contribution >= 4 is 40.2 Å². The van der Waals surface area contributed by atoms with E-state index in [0.29, 0.717) is 0 Å². The average Bonchev–Trinajstić information content (AvgIpc) is 3.10. The summed E-state index contributed by atoms with van der Waals surface area (Å²) in [7, 11) is 0. The van der Waals surface area contributed by atoms with E-state index in [0.717, 1.165) is 22.9 Å². The maximum absolute atomic E-state index is 11.3. The van der Waals surface area contributed by atoms with Gasteiger partial charge in [0.15, 0.2) is 0 Å². The maximum Gasteiger partial charge on any atom is 0.304 e. The lowest BCUT2D eigenvalue weighted by molar-refractivity contribution is -0.137. The number of carboxylic acid groups (broad SMARTS) is 1. The molecule has 2 aromatic carbocycles. The van der Waals surface area contributed by atoms with E-state index < -0.39 is 5.97 Å². The second-order valence-corrected chi connectivity index (χ2v) is 7.54. The van der Waals surface area contributed by atoms with Crippen LogP contribution in [-0.2, 0) is 11.3 Å². The molecule has 1 aromatic heterocycles. The average molecular weight is 358 g/mol. The summed E-state index contributed by atoms with van der Waals surface area (Å²) in [6.07, 6.45) is 1.07. The van der Waals surface area contributed by atoms with Crippen molar-refractivity contribution in [3.8, 4) is 0 Å². The van der Waals surface area contributed by atoms with Gasteiger partial charge in [-0.2, -0.15) is 0 Å². The molecule has 0 fully saturated rings. The molecule has 0 saturated heterocycles. The van der Waals surface area contributed by atoms with Crippen LogP contribution in [0.5, 0.6) is 0 Å². The number of aryl methyl sites for hydroxylation is 1. The fourth-order valence-corrected chi connectivity index (χ4v) is 4.79. The van der Waals surface area contributed by atoms with E-state index in [9.17, 15) is 9.90 Å². The summed E-state index contributed by atoms with van der Waals surface area (Å²) in [4.78, 5) is 13.5. The Morgan fingerprint density at radius 3 is 2.71 bits per heavy atom. The van der Waals surface area contributed by atoms with Gasteiger partial charge in [0.1, 0.15) is 0 Å². The van der Waals surface area contributed by atoms with Crippen LogP contribution in [0.2, 0.25) is 5.02 Å². The third-order valence-corrected chi connectivity index (χ3v) is 5.90. The van der Waals surface area contributed by atoms with E-state index >= 15 is 0 Å². The minimum atomic E-state index is -0.735. The molecule has 5 heteroatoms. The van der Waals surface area contributed by atoms with E-state index in [2.05, 4.69) is 16.7 Å². The van der Waals surface area contributed by atoms with Crippen molar-refractivity contribution in [3.63, 3.8) is 0 Å². The molecule has 0 bridgehead atoms. The van der Waals surface area contributed by atoms with E-state index in [1.54, 1.807) is 11.8 Å². The number of para-hydroxylation sites is 1. The van der Waals surface area contributed by atoms with Crippen LogP contribution < -0.4 is 0 Å². The summed E-state index contributed by atoms with van der Waals surface area (Å²) in [5.74, 6) is -0.661. The van der Waals surface area contributed by atoms with Crippen LogP contribution in [0, 0.1) is 0 Å². The van der Waals surface area contributed by atoms with Gasteiger partial charge in [-0.05, 0) is 36.8 Å². The number of hydrogen-bond acceptors (Lipinski definition) is 2. The molecule has 0 amide bonds. The van der Waals surface area contributed by atoms with Crippen LogP contribution in [0.4, 0.5) is 0 Å². The van der Waals surface area contributed by atoms with Crippen LogP contribution in [0.25, 0.3) is 10.9 Å². The first-order valence-corrected chi connectivity index (χ1v) is 9.09. The third kappa shape index (κ3) is 2.70. The van der Waals surface area contributed by atoms with Crippen molar-refractivity contribution in [1.29, 1.82) is 0 Å². The van der Waals surface area contributed by atoms with Crippen molar-refractivity contribution in [2.75, 3.05) is 0 Å². The summed E-state index contributed by atoms with van der Waals surface area (Å²) in [5.41, 5.74) is 2.36. The molecular formula is C19H16ClNO2S. The number of nitrogens with zero attached hydrogens (tertiary/aromatic N) is 1. The van der Waals surface area contributed by atoms with E-state index in [-0.39, 0.29) is 12.3 Å². The normalized spacial score (nSPS) is 16.5. The Morgan fingerprint density at radius 1 is 1.21 bits per heavy atom. The van der Waals surface area contributed by atoms with Gasteiger partial charge in [0.25, 0.3) is 0 Å². The first-order chi connectivity index (χ1) is 11.6. The molecule has 0 radical (unpaired) electrons. The van der Waals surface area contributed by atoms with Crippen LogP contribution in [0.3, 0.4) is 0 Å². The molecule has 122 valence electrons. The fraction of sp³-hybridized carbons (Fsp3) is 0.211. The molecule has 1 atom stereocenters. The largest absolute Gasteiger partial charge is 0.481 e. The number of aromatic nitrogens is 1. The van der Waals surface area contributed by atoms with Crippen LogP contribution >= 0.6 is 23.4 Å². The molecule has 3 aromatic rings. The molecule has 2 heterocycles. The van der Waals surface area contributed by atoms with Gasteiger partial charge in [0, 0.05) is 43.9 Å². The minimum Gasteiger partial charge on any atom is -0.481 e. The van der Waals surface area contributed by atoms with Gasteiger partial charge >= 0.3 is 5.97 Å². The van der Waals surface area contributed by atoms with Crippen molar-refractivity contribution in [2.45, 2.75) is 35.1 Å². The molecule has 0 saturated carbocycles. The first kappa shape index (κ1) is 15.6. The highest BCUT2D eigenvalue weighted by atomic mass is 35.5. The van der Waals surface area contributed by atoms with Gasteiger partial charge < -0.3 is 9.67 Å². The second kappa shape index (κ2) is 6.19. The lowest BCUT2D eigenvalue weighted by Gasteiger charge is -2.10. The second-order valence-electron chi connectivity index (χ2n) is 6.02. The lowest BCUT2D eigenvalue weighted by Crippen LogP contribution is -2.04. The SMILES string of the molecule is O=C(O)CC1CCn2c1c(Sc1ccc(Cl)cc1)c1ccccc12. The smallest absolute Gasteiger partial charge is 0.304 e. The van der Waals surface area contributed by atoms with Gasteiger partial charge in [-0.25, -0.2) is 0 Å². The van der Waals surface area contributed by atoms with Crippen LogP contribution in [0.1, 0.15) is 24.5 Å². The van der Waals surface area contributed by atoms with Crippen LogP contribution in [-0.4, -0.2) is 15.6 Å².